The van der Waals surface area contributed by atoms with Gasteiger partial charge < -0.3 is 4.98 Å². The number of hydrogen-bond acceptors (Lipinski definition) is 4. The number of benzene rings is 2. The maximum absolute atomic E-state index is 12.9. The molecule has 1 aliphatic rings. The number of sulfonamides is 1. The zero-order valence-corrected chi connectivity index (χ0v) is 14.7. The SMILES string of the molecule is O=[N+]([O-])c1ccc(S(=O)(=O)N2CCc3[nH]c4ccccc4c3CC2)cc1. The third-order valence-electron chi connectivity index (χ3n) is 4.81. The van der Waals surface area contributed by atoms with Crippen LogP contribution in [0.2, 0.25) is 0 Å². The van der Waals surface area contributed by atoms with E-state index in [1.54, 1.807) is 0 Å². The first-order chi connectivity index (χ1) is 12.5. The highest BCUT2D eigenvalue weighted by Crippen LogP contribution is 2.28. The molecule has 134 valence electrons. The molecule has 1 aromatic heterocycles. The van der Waals surface area contributed by atoms with Crippen LogP contribution in [0.25, 0.3) is 10.9 Å². The first kappa shape index (κ1) is 16.7. The van der Waals surface area contributed by atoms with Crippen LogP contribution in [0, 0.1) is 10.1 Å². The molecule has 0 radical (unpaired) electrons. The number of rotatable bonds is 3. The van der Waals surface area contributed by atoms with Gasteiger partial charge in [-0.15, -0.1) is 0 Å². The Labute approximate surface area is 150 Å². The summed E-state index contributed by atoms with van der Waals surface area (Å²) in [5, 5.41) is 11.9. The van der Waals surface area contributed by atoms with Crippen LogP contribution in [0.15, 0.2) is 53.4 Å². The second kappa shape index (κ2) is 6.22. The number of aromatic nitrogens is 1. The molecule has 8 heteroatoms. The van der Waals surface area contributed by atoms with Gasteiger partial charge in [0.05, 0.1) is 9.82 Å². The molecule has 0 atom stereocenters. The van der Waals surface area contributed by atoms with Gasteiger partial charge >= 0.3 is 0 Å². The number of hydrogen-bond donors (Lipinski definition) is 1. The van der Waals surface area contributed by atoms with E-state index in [4.69, 9.17) is 0 Å². The largest absolute Gasteiger partial charge is 0.358 e. The molecule has 7 nitrogen and oxygen atoms in total. The van der Waals surface area contributed by atoms with Crippen LogP contribution in [-0.4, -0.2) is 35.7 Å². The zero-order chi connectivity index (χ0) is 18.3. The summed E-state index contributed by atoms with van der Waals surface area (Å²) in [5.74, 6) is 0. The molecular weight excluding hydrogens is 354 g/mol. The lowest BCUT2D eigenvalue weighted by atomic mass is 10.1. The van der Waals surface area contributed by atoms with E-state index in [1.165, 1.54) is 34.1 Å². The predicted molar refractivity (Wildman–Crippen MR) is 97.6 cm³/mol. The summed E-state index contributed by atoms with van der Waals surface area (Å²) in [5.41, 5.74) is 3.19. The van der Waals surface area contributed by atoms with Crippen molar-refractivity contribution in [2.24, 2.45) is 0 Å². The summed E-state index contributed by atoms with van der Waals surface area (Å²) >= 11 is 0. The second-order valence-corrected chi connectivity index (χ2v) is 8.22. The topological polar surface area (TPSA) is 96.3 Å². The Balaban J connectivity index is 1.61. The molecule has 0 amide bonds. The van der Waals surface area contributed by atoms with E-state index >= 15 is 0 Å². The van der Waals surface area contributed by atoms with Gasteiger partial charge in [0, 0.05) is 48.2 Å². The third kappa shape index (κ3) is 2.77. The molecular formula is C18H17N3O4S. The highest BCUT2D eigenvalue weighted by atomic mass is 32.2. The summed E-state index contributed by atoms with van der Waals surface area (Å²) in [6, 6.07) is 13.1. The van der Waals surface area contributed by atoms with Gasteiger partial charge in [-0.2, -0.15) is 4.31 Å². The number of nitro benzene ring substituents is 1. The fourth-order valence-electron chi connectivity index (χ4n) is 3.47. The minimum Gasteiger partial charge on any atom is -0.358 e. The minimum atomic E-state index is -3.68. The first-order valence-electron chi connectivity index (χ1n) is 8.30. The Bertz CT molecular complexity index is 1090. The van der Waals surface area contributed by atoms with Crippen molar-refractivity contribution in [3.8, 4) is 0 Å². The van der Waals surface area contributed by atoms with E-state index in [0.717, 1.165) is 16.6 Å². The second-order valence-electron chi connectivity index (χ2n) is 6.28. The van der Waals surface area contributed by atoms with Gasteiger partial charge in [-0.25, -0.2) is 8.42 Å². The lowest BCUT2D eigenvalue weighted by molar-refractivity contribution is -0.384. The molecule has 0 fully saturated rings. The number of non-ortho nitro benzene ring substituents is 1. The van der Waals surface area contributed by atoms with E-state index in [2.05, 4.69) is 4.98 Å². The van der Waals surface area contributed by atoms with Gasteiger partial charge in [-0.3, -0.25) is 10.1 Å². The molecule has 0 aliphatic carbocycles. The van der Waals surface area contributed by atoms with Crippen molar-refractivity contribution in [3.63, 3.8) is 0 Å². The summed E-state index contributed by atoms with van der Waals surface area (Å²) in [6.07, 6.45) is 1.24. The maximum Gasteiger partial charge on any atom is 0.269 e. The fraction of sp³-hybridized carbons (Fsp3) is 0.222. The van der Waals surface area contributed by atoms with Crippen LogP contribution >= 0.6 is 0 Å². The Morgan fingerprint density at radius 1 is 1.00 bits per heavy atom. The summed E-state index contributed by atoms with van der Waals surface area (Å²) < 4.78 is 27.3. The minimum absolute atomic E-state index is 0.0820. The van der Waals surface area contributed by atoms with Gasteiger partial charge in [0.15, 0.2) is 0 Å². The summed E-state index contributed by atoms with van der Waals surface area (Å²) in [6.45, 7) is 0.757. The van der Waals surface area contributed by atoms with Crippen molar-refractivity contribution in [1.29, 1.82) is 0 Å². The van der Waals surface area contributed by atoms with Crippen molar-refractivity contribution >= 4 is 26.6 Å². The number of H-pyrrole nitrogens is 1. The molecule has 0 saturated carbocycles. The number of nitrogens with zero attached hydrogens (tertiary/aromatic N) is 2. The van der Waals surface area contributed by atoms with E-state index in [-0.39, 0.29) is 10.6 Å². The monoisotopic (exact) mass is 371 g/mol. The van der Waals surface area contributed by atoms with Gasteiger partial charge in [0.25, 0.3) is 5.69 Å². The first-order valence-corrected chi connectivity index (χ1v) is 9.74. The zero-order valence-electron chi connectivity index (χ0n) is 13.9. The molecule has 26 heavy (non-hydrogen) atoms. The van der Waals surface area contributed by atoms with Crippen LogP contribution in [0.3, 0.4) is 0 Å². The number of aromatic amines is 1. The van der Waals surface area contributed by atoms with Gasteiger partial charge in [0.2, 0.25) is 10.0 Å². The van der Waals surface area contributed by atoms with E-state index in [0.29, 0.717) is 25.9 Å². The van der Waals surface area contributed by atoms with E-state index in [9.17, 15) is 18.5 Å². The third-order valence-corrected chi connectivity index (χ3v) is 6.72. The van der Waals surface area contributed by atoms with Crippen molar-refractivity contribution in [3.05, 3.63) is 69.9 Å². The molecule has 3 aromatic rings. The Morgan fingerprint density at radius 2 is 1.69 bits per heavy atom. The number of nitrogens with one attached hydrogen (secondary N) is 1. The molecule has 0 saturated heterocycles. The number of para-hydroxylation sites is 1. The van der Waals surface area contributed by atoms with Crippen molar-refractivity contribution in [1.82, 2.24) is 9.29 Å². The van der Waals surface area contributed by atoms with E-state index < -0.39 is 14.9 Å². The molecule has 0 spiro atoms. The normalized spacial score (nSPS) is 15.5. The van der Waals surface area contributed by atoms with Crippen molar-refractivity contribution in [2.75, 3.05) is 13.1 Å². The quantitative estimate of drug-likeness (QED) is 0.565. The standard InChI is InChI=1S/C18H17N3O4S/c22-21(23)13-5-7-14(8-6-13)26(24,25)20-11-9-16-15-3-1-2-4-17(15)19-18(16)10-12-20/h1-8,19H,9-12H2. The molecule has 0 bridgehead atoms. The Kier molecular flexibility index (Phi) is 4.01. The number of fused-ring (bicyclic) bond motifs is 3. The molecule has 1 N–H and O–H groups in total. The van der Waals surface area contributed by atoms with Gasteiger partial charge in [-0.1, -0.05) is 18.2 Å². The van der Waals surface area contributed by atoms with Crippen LogP contribution in [-0.2, 0) is 22.9 Å². The smallest absolute Gasteiger partial charge is 0.269 e. The Hall–Kier alpha value is -2.71. The van der Waals surface area contributed by atoms with Crippen molar-refractivity contribution < 1.29 is 13.3 Å². The van der Waals surface area contributed by atoms with Crippen molar-refractivity contribution in [2.45, 2.75) is 17.7 Å². The Morgan fingerprint density at radius 3 is 2.42 bits per heavy atom. The van der Waals surface area contributed by atoms with Crippen LogP contribution in [0.1, 0.15) is 11.3 Å². The van der Waals surface area contributed by atoms with Gasteiger partial charge in [0.1, 0.15) is 0 Å². The average molecular weight is 371 g/mol. The number of nitro groups is 1. The molecule has 4 rings (SSSR count). The maximum atomic E-state index is 12.9. The van der Waals surface area contributed by atoms with E-state index in [1.807, 2.05) is 24.3 Å². The fourth-order valence-corrected chi connectivity index (χ4v) is 4.91. The predicted octanol–water partition coefficient (Wildman–Crippen LogP) is 2.87. The lowest BCUT2D eigenvalue weighted by Crippen LogP contribution is -2.33. The van der Waals surface area contributed by atoms with Crippen LogP contribution in [0.4, 0.5) is 5.69 Å². The summed E-state index contributed by atoms with van der Waals surface area (Å²) in [7, 11) is -3.68. The molecule has 0 unspecified atom stereocenters. The lowest BCUT2D eigenvalue weighted by Gasteiger charge is -2.20. The van der Waals surface area contributed by atoms with Crippen LogP contribution in [0.5, 0.6) is 0 Å². The highest BCUT2D eigenvalue weighted by molar-refractivity contribution is 7.89. The molecule has 2 heterocycles. The van der Waals surface area contributed by atoms with Gasteiger partial charge in [-0.05, 0) is 30.2 Å². The molecule has 1 aliphatic heterocycles. The highest BCUT2D eigenvalue weighted by Gasteiger charge is 2.28. The van der Waals surface area contributed by atoms with Crippen LogP contribution < -0.4 is 0 Å². The summed E-state index contributed by atoms with van der Waals surface area (Å²) in [4.78, 5) is 13.7. The average Bonchev–Trinajstić information content (AvgIpc) is 2.85. The molecule has 2 aromatic carbocycles.